The largest absolute Gasteiger partial charge is 0.382 e. The second-order valence-electron chi connectivity index (χ2n) is 6.34. The molecule has 0 saturated carbocycles. The smallest absolute Gasteiger partial charge is 0.216 e. The number of anilines is 1. The molecule has 5 nitrogen and oxygen atoms in total. The molecule has 2 N–H and O–H groups in total. The summed E-state index contributed by atoms with van der Waals surface area (Å²) in [5.74, 6) is -3.61. The zero-order chi connectivity index (χ0) is 21.6. The number of carbonyl (C=O) groups is 2. The van der Waals surface area contributed by atoms with E-state index >= 15 is 0 Å². The molecule has 0 amide bonds. The van der Waals surface area contributed by atoms with Crippen LogP contribution in [0.5, 0.6) is 0 Å². The summed E-state index contributed by atoms with van der Waals surface area (Å²) in [4.78, 5) is 30.0. The second-order valence-corrected chi connectivity index (χ2v) is 7.16. The third-order valence-corrected chi connectivity index (χ3v) is 5.13. The number of imidazole rings is 1. The fourth-order valence-electron chi connectivity index (χ4n) is 3.12. The van der Waals surface area contributed by atoms with Crippen LogP contribution in [0.15, 0.2) is 54.7 Å². The number of halogens is 4. The molecule has 0 aliphatic rings. The number of nitrogens with two attached hydrogens (primary N) is 1. The van der Waals surface area contributed by atoms with Gasteiger partial charge in [0.2, 0.25) is 5.78 Å². The van der Waals surface area contributed by atoms with Crippen LogP contribution in [-0.4, -0.2) is 21.0 Å². The zero-order valence-corrected chi connectivity index (χ0v) is 16.5. The first-order valence-electron chi connectivity index (χ1n) is 8.54. The van der Waals surface area contributed by atoms with Crippen LogP contribution in [0.25, 0.3) is 5.65 Å². The maximum absolute atomic E-state index is 14.0. The van der Waals surface area contributed by atoms with Gasteiger partial charge in [-0.25, -0.2) is 13.8 Å². The standard InChI is InChI=1S/C21H11Cl2F2N3O2/c22-11-3-1-4-12(23)16(11)20(30)18-21(26)27-15-8-7-10(9-28(15)18)19(29)17-13(24)5-2-6-14(17)25/h1-9H,26H2. The van der Waals surface area contributed by atoms with E-state index in [1.165, 1.54) is 34.9 Å². The van der Waals surface area contributed by atoms with Crippen molar-refractivity contribution in [2.45, 2.75) is 0 Å². The molecule has 0 atom stereocenters. The van der Waals surface area contributed by atoms with Crippen molar-refractivity contribution in [3.8, 4) is 0 Å². The molecule has 0 fully saturated rings. The van der Waals surface area contributed by atoms with Gasteiger partial charge in [-0.05, 0) is 36.4 Å². The second kappa shape index (κ2) is 7.51. The number of aromatic nitrogens is 2. The van der Waals surface area contributed by atoms with Crippen molar-refractivity contribution in [3.05, 3.63) is 98.8 Å². The molecule has 0 bridgehead atoms. The first-order chi connectivity index (χ1) is 14.3. The molecule has 0 unspecified atom stereocenters. The minimum absolute atomic E-state index is 0.0196. The predicted octanol–water partition coefficient (Wildman–Crippen LogP) is 4.96. The van der Waals surface area contributed by atoms with Gasteiger partial charge in [-0.15, -0.1) is 0 Å². The van der Waals surface area contributed by atoms with E-state index in [0.29, 0.717) is 0 Å². The highest BCUT2D eigenvalue weighted by Crippen LogP contribution is 2.29. The van der Waals surface area contributed by atoms with Crippen molar-refractivity contribution in [1.29, 1.82) is 0 Å². The number of pyridine rings is 1. The van der Waals surface area contributed by atoms with Crippen LogP contribution in [0.4, 0.5) is 14.6 Å². The minimum Gasteiger partial charge on any atom is -0.382 e. The molecule has 0 aliphatic carbocycles. The Labute approximate surface area is 178 Å². The van der Waals surface area contributed by atoms with E-state index < -0.39 is 28.8 Å². The number of rotatable bonds is 4. The van der Waals surface area contributed by atoms with Crippen LogP contribution >= 0.6 is 23.2 Å². The molecule has 0 saturated heterocycles. The molecular formula is C21H11Cl2F2N3O2. The SMILES string of the molecule is Nc1nc2ccc(C(=O)c3c(F)cccc3F)cn2c1C(=O)c1c(Cl)cccc1Cl. The summed E-state index contributed by atoms with van der Waals surface area (Å²) < 4.78 is 29.3. The Kier molecular flexibility index (Phi) is 5.01. The Hall–Kier alpha value is -3.29. The van der Waals surface area contributed by atoms with Gasteiger partial charge in [0, 0.05) is 11.8 Å². The summed E-state index contributed by atoms with van der Waals surface area (Å²) >= 11 is 12.3. The highest BCUT2D eigenvalue weighted by Gasteiger charge is 2.25. The predicted molar refractivity (Wildman–Crippen MR) is 109 cm³/mol. The van der Waals surface area contributed by atoms with Gasteiger partial charge >= 0.3 is 0 Å². The monoisotopic (exact) mass is 445 g/mol. The topological polar surface area (TPSA) is 77.5 Å². The fourth-order valence-corrected chi connectivity index (χ4v) is 3.68. The number of nitrogen functional groups attached to an aromatic ring is 1. The van der Waals surface area contributed by atoms with Gasteiger partial charge in [-0.3, -0.25) is 14.0 Å². The van der Waals surface area contributed by atoms with Gasteiger partial charge in [0.15, 0.2) is 11.6 Å². The molecular weight excluding hydrogens is 435 g/mol. The van der Waals surface area contributed by atoms with Gasteiger partial charge < -0.3 is 5.73 Å². The van der Waals surface area contributed by atoms with Crippen LogP contribution < -0.4 is 5.73 Å². The molecule has 4 aromatic rings. The van der Waals surface area contributed by atoms with Gasteiger partial charge in [0.05, 0.1) is 21.2 Å². The number of hydrogen-bond acceptors (Lipinski definition) is 4. The number of carbonyl (C=O) groups excluding carboxylic acids is 2. The number of fused-ring (bicyclic) bond motifs is 1. The first kappa shape index (κ1) is 20.0. The van der Waals surface area contributed by atoms with Crippen molar-refractivity contribution in [2.24, 2.45) is 0 Å². The summed E-state index contributed by atoms with van der Waals surface area (Å²) in [5, 5.41) is 0.227. The van der Waals surface area contributed by atoms with E-state index in [1.807, 2.05) is 0 Å². The van der Waals surface area contributed by atoms with E-state index in [0.717, 1.165) is 18.2 Å². The molecule has 9 heteroatoms. The van der Waals surface area contributed by atoms with Crippen molar-refractivity contribution in [2.75, 3.05) is 5.73 Å². The summed E-state index contributed by atoms with van der Waals surface area (Å²) in [6.45, 7) is 0. The van der Waals surface area contributed by atoms with Gasteiger partial charge in [-0.1, -0.05) is 35.3 Å². The maximum Gasteiger partial charge on any atom is 0.216 e. The van der Waals surface area contributed by atoms with Crippen molar-refractivity contribution < 1.29 is 18.4 Å². The average Bonchev–Trinajstić information content (AvgIpc) is 3.02. The Balaban J connectivity index is 1.89. The Morgan fingerprint density at radius 3 is 2.10 bits per heavy atom. The molecule has 4 rings (SSSR count). The molecule has 2 aromatic carbocycles. The molecule has 30 heavy (non-hydrogen) atoms. The van der Waals surface area contributed by atoms with Crippen LogP contribution in [0, 0.1) is 11.6 Å². The molecule has 2 aromatic heterocycles. The third kappa shape index (κ3) is 3.22. The summed E-state index contributed by atoms with van der Waals surface area (Å²) in [6.07, 6.45) is 1.24. The van der Waals surface area contributed by atoms with Crippen LogP contribution in [0.1, 0.15) is 32.0 Å². The van der Waals surface area contributed by atoms with E-state index in [-0.39, 0.29) is 38.3 Å². The molecule has 150 valence electrons. The normalized spacial score (nSPS) is 11.1. The quantitative estimate of drug-likeness (QED) is 0.450. The summed E-state index contributed by atoms with van der Waals surface area (Å²) in [5.41, 5.74) is 5.36. The third-order valence-electron chi connectivity index (χ3n) is 4.50. The number of benzene rings is 2. The van der Waals surface area contributed by atoms with Gasteiger partial charge in [0.25, 0.3) is 0 Å². The first-order valence-corrected chi connectivity index (χ1v) is 9.30. The lowest BCUT2D eigenvalue weighted by molar-refractivity contribution is 0.102. The van der Waals surface area contributed by atoms with E-state index in [4.69, 9.17) is 28.9 Å². The van der Waals surface area contributed by atoms with E-state index in [2.05, 4.69) is 4.98 Å². The lowest BCUT2D eigenvalue weighted by atomic mass is 10.0. The van der Waals surface area contributed by atoms with E-state index in [9.17, 15) is 18.4 Å². The maximum atomic E-state index is 14.0. The highest BCUT2D eigenvalue weighted by atomic mass is 35.5. The summed E-state index contributed by atoms with van der Waals surface area (Å²) in [6, 6.07) is 10.5. The Morgan fingerprint density at radius 2 is 1.47 bits per heavy atom. The lowest BCUT2D eigenvalue weighted by Gasteiger charge is -2.08. The number of nitrogens with zero attached hydrogens (tertiary/aromatic N) is 2. The minimum atomic E-state index is -0.996. The van der Waals surface area contributed by atoms with E-state index in [1.54, 1.807) is 6.07 Å². The van der Waals surface area contributed by atoms with Crippen LogP contribution in [0.3, 0.4) is 0 Å². The molecule has 2 heterocycles. The Bertz CT molecular complexity index is 1310. The number of hydrogen-bond donors (Lipinski definition) is 1. The van der Waals surface area contributed by atoms with Crippen molar-refractivity contribution >= 4 is 46.2 Å². The average molecular weight is 446 g/mol. The van der Waals surface area contributed by atoms with Crippen LogP contribution in [0.2, 0.25) is 10.0 Å². The van der Waals surface area contributed by atoms with Crippen molar-refractivity contribution in [3.63, 3.8) is 0 Å². The molecule has 0 radical (unpaired) electrons. The Morgan fingerprint density at radius 1 is 0.867 bits per heavy atom. The molecule has 0 spiro atoms. The van der Waals surface area contributed by atoms with Crippen LogP contribution in [-0.2, 0) is 0 Å². The molecule has 0 aliphatic heterocycles. The van der Waals surface area contributed by atoms with Gasteiger partial charge in [0.1, 0.15) is 23.0 Å². The fraction of sp³-hybridized carbons (Fsp3) is 0. The highest BCUT2D eigenvalue weighted by molar-refractivity contribution is 6.41. The van der Waals surface area contributed by atoms with Crippen molar-refractivity contribution in [1.82, 2.24) is 9.38 Å². The summed E-state index contributed by atoms with van der Waals surface area (Å²) in [7, 11) is 0. The lowest BCUT2D eigenvalue weighted by Crippen LogP contribution is -2.12. The zero-order valence-electron chi connectivity index (χ0n) is 15.0. The van der Waals surface area contributed by atoms with Gasteiger partial charge in [-0.2, -0.15) is 0 Å². The number of ketones is 2.